The van der Waals surface area contributed by atoms with Crippen molar-refractivity contribution in [2.75, 3.05) is 5.32 Å². The Hall–Kier alpha value is -2.21. The van der Waals surface area contributed by atoms with Crippen LogP contribution in [0.15, 0.2) is 24.3 Å². The van der Waals surface area contributed by atoms with Gasteiger partial charge in [0.25, 0.3) is 5.91 Å². The first-order valence-corrected chi connectivity index (χ1v) is 10.5. The largest absolute Gasteiger partial charge is 0.453 e. The molecule has 5 atom stereocenters. The normalized spacial score (nSPS) is 33.2. The Morgan fingerprint density at radius 1 is 1.21 bits per heavy atom. The van der Waals surface area contributed by atoms with Crippen LogP contribution in [0.3, 0.4) is 0 Å². The Kier molecular flexibility index (Phi) is 5.01. The van der Waals surface area contributed by atoms with E-state index in [0.29, 0.717) is 29.5 Å². The number of carbonyl (C=O) groups excluding carboxylic acids is 3. The van der Waals surface area contributed by atoms with Crippen molar-refractivity contribution in [1.29, 1.82) is 0 Å². The van der Waals surface area contributed by atoms with E-state index in [2.05, 4.69) is 5.32 Å². The second-order valence-electron chi connectivity index (χ2n) is 9.62. The lowest BCUT2D eigenvalue weighted by atomic mass is 9.47. The van der Waals surface area contributed by atoms with E-state index in [0.717, 1.165) is 32.1 Å². The zero-order valence-electron chi connectivity index (χ0n) is 17.1. The predicted molar refractivity (Wildman–Crippen MR) is 107 cm³/mol. The minimum Gasteiger partial charge on any atom is -0.453 e. The Labute approximate surface area is 171 Å². The van der Waals surface area contributed by atoms with Crippen LogP contribution < -0.4 is 5.32 Å². The predicted octanol–water partition coefficient (Wildman–Crippen LogP) is 3.48. The molecule has 1 aromatic rings. The zero-order chi connectivity index (χ0) is 20.8. The molecule has 4 bridgehead atoms. The van der Waals surface area contributed by atoms with Crippen LogP contribution in [0, 0.1) is 17.3 Å². The molecular weight excluding hydrogens is 370 g/mol. The molecule has 4 fully saturated rings. The Morgan fingerprint density at radius 3 is 2.52 bits per heavy atom. The lowest BCUT2D eigenvalue weighted by molar-refractivity contribution is -0.179. The van der Waals surface area contributed by atoms with E-state index in [9.17, 15) is 19.5 Å². The van der Waals surface area contributed by atoms with E-state index >= 15 is 0 Å². The van der Waals surface area contributed by atoms with E-state index in [4.69, 9.17) is 4.74 Å². The number of amides is 1. The third-order valence-electron chi connectivity index (χ3n) is 6.88. The molecule has 1 amide bonds. The highest BCUT2D eigenvalue weighted by Crippen LogP contribution is 2.62. The third-order valence-corrected chi connectivity index (χ3v) is 6.88. The lowest BCUT2D eigenvalue weighted by Gasteiger charge is -2.60. The number of anilines is 1. The molecule has 6 nitrogen and oxygen atoms in total. The molecule has 0 aromatic heterocycles. The topological polar surface area (TPSA) is 92.7 Å². The van der Waals surface area contributed by atoms with Gasteiger partial charge in [-0.3, -0.25) is 14.4 Å². The SMILES string of the molecule is CC(=O)c1cccc(NC(=O)[C@@H](C)OC(=O)CC23C[C@@H]4C[C@@H](CC(O)(C4)C2)C3)c1. The quantitative estimate of drug-likeness (QED) is 0.564. The third kappa shape index (κ3) is 4.22. The molecule has 1 aromatic carbocycles. The summed E-state index contributed by atoms with van der Waals surface area (Å²) in [7, 11) is 0. The first-order valence-electron chi connectivity index (χ1n) is 10.5. The van der Waals surface area contributed by atoms with Gasteiger partial charge < -0.3 is 15.2 Å². The van der Waals surface area contributed by atoms with Crippen molar-refractivity contribution in [3.05, 3.63) is 29.8 Å². The van der Waals surface area contributed by atoms with Gasteiger partial charge in [-0.15, -0.1) is 0 Å². The van der Waals surface area contributed by atoms with Crippen LogP contribution in [0.4, 0.5) is 5.69 Å². The summed E-state index contributed by atoms with van der Waals surface area (Å²) in [5.41, 5.74) is 0.206. The molecule has 0 heterocycles. The van der Waals surface area contributed by atoms with Crippen LogP contribution in [0.5, 0.6) is 0 Å². The molecule has 2 unspecified atom stereocenters. The molecule has 2 N–H and O–H groups in total. The second-order valence-corrected chi connectivity index (χ2v) is 9.62. The summed E-state index contributed by atoms with van der Waals surface area (Å²) < 4.78 is 5.43. The number of ketones is 1. The van der Waals surface area contributed by atoms with Gasteiger partial charge >= 0.3 is 5.97 Å². The minimum atomic E-state index is -0.930. The first kappa shape index (κ1) is 20.1. The molecule has 29 heavy (non-hydrogen) atoms. The maximum Gasteiger partial charge on any atom is 0.307 e. The summed E-state index contributed by atoms with van der Waals surface area (Å²) in [6.07, 6.45) is 4.83. The highest BCUT2D eigenvalue weighted by molar-refractivity contribution is 5.98. The molecule has 0 saturated heterocycles. The molecule has 0 spiro atoms. The number of aliphatic hydroxyl groups is 1. The van der Waals surface area contributed by atoms with Crippen LogP contribution in [0.2, 0.25) is 0 Å². The van der Waals surface area contributed by atoms with E-state index in [-0.39, 0.29) is 23.6 Å². The number of hydrogen-bond acceptors (Lipinski definition) is 5. The Morgan fingerprint density at radius 2 is 1.90 bits per heavy atom. The van der Waals surface area contributed by atoms with Crippen LogP contribution in [0.1, 0.15) is 69.2 Å². The first-order chi connectivity index (χ1) is 13.7. The summed E-state index contributed by atoms with van der Waals surface area (Å²) in [6, 6.07) is 6.67. The average Bonchev–Trinajstić information content (AvgIpc) is 2.59. The smallest absolute Gasteiger partial charge is 0.307 e. The molecular formula is C23H29NO5. The van der Waals surface area contributed by atoms with Crippen LogP contribution in [-0.2, 0) is 14.3 Å². The number of Topliss-reactive ketones (excluding diaryl/α,β-unsaturated/α-hetero) is 1. The second kappa shape index (κ2) is 7.24. The standard InChI is InChI=1S/C23H29NO5/c1-14(25)18-4-3-5-19(7-18)24-21(27)15(2)29-20(26)12-22-8-16-6-17(9-22)11-23(28,10-16)13-22/h3-5,7,15-17,28H,6,8-13H2,1-2H3,(H,24,27)/t15-,16-,17+,22?,23?/m1/s1. The van der Waals surface area contributed by atoms with Gasteiger partial charge in [0.15, 0.2) is 11.9 Å². The van der Waals surface area contributed by atoms with E-state index in [1.54, 1.807) is 31.2 Å². The highest BCUT2D eigenvalue weighted by atomic mass is 16.5. The fourth-order valence-electron chi connectivity index (χ4n) is 6.27. The van der Waals surface area contributed by atoms with Gasteiger partial charge in [-0.25, -0.2) is 0 Å². The van der Waals surface area contributed by atoms with Gasteiger partial charge in [-0.05, 0) is 81.8 Å². The van der Waals surface area contributed by atoms with E-state index in [1.165, 1.54) is 6.92 Å². The van der Waals surface area contributed by atoms with Crippen molar-refractivity contribution in [2.24, 2.45) is 17.3 Å². The average molecular weight is 399 g/mol. The Balaban J connectivity index is 1.34. The summed E-state index contributed by atoms with van der Waals surface area (Å²) in [6.45, 7) is 3.02. The van der Waals surface area contributed by atoms with Gasteiger partial charge in [-0.1, -0.05) is 12.1 Å². The van der Waals surface area contributed by atoms with Crippen LogP contribution in [-0.4, -0.2) is 34.5 Å². The number of hydrogen-bond donors (Lipinski definition) is 2. The van der Waals surface area contributed by atoms with Crippen molar-refractivity contribution >= 4 is 23.3 Å². The van der Waals surface area contributed by atoms with Gasteiger partial charge in [0.2, 0.25) is 0 Å². The van der Waals surface area contributed by atoms with Gasteiger partial charge in [-0.2, -0.15) is 0 Å². The molecule has 6 heteroatoms. The van der Waals surface area contributed by atoms with Crippen LogP contribution in [0.25, 0.3) is 0 Å². The summed E-state index contributed by atoms with van der Waals surface area (Å²) in [4.78, 5) is 36.5. The van der Waals surface area contributed by atoms with Gasteiger partial charge in [0, 0.05) is 11.3 Å². The van der Waals surface area contributed by atoms with Gasteiger partial charge in [0.05, 0.1) is 12.0 Å². The molecule has 4 saturated carbocycles. The van der Waals surface area contributed by atoms with Gasteiger partial charge in [0.1, 0.15) is 0 Å². The van der Waals surface area contributed by atoms with E-state index < -0.39 is 17.6 Å². The molecule has 0 aliphatic heterocycles. The zero-order valence-corrected chi connectivity index (χ0v) is 17.1. The van der Waals surface area contributed by atoms with Crippen molar-refractivity contribution in [3.63, 3.8) is 0 Å². The summed E-state index contributed by atoms with van der Waals surface area (Å²) >= 11 is 0. The molecule has 156 valence electrons. The molecule has 4 aliphatic carbocycles. The van der Waals surface area contributed by atoms with E-state index in [1.807, 2.05) is 0 Å². The summed E-state index contributed by atoms with van der Waals surface area (Å²) in [5.74, 6) is 0.114. The maximum atomic E-state index is 12.6. The molecule has 4 aliphatic rings. The Bertz CT molecular complexity index is 833. The molecule has 0 radical (unpaired) electrons. The maximum absolute atomic E-state index is 12.6. The number of benzene rings is 1. The van der Waals surface area contributed by atoms with Crippen molar-refractivity contribution < 1.29 is 24.2 Å². The molecule has 5 rings (SSSR count). The fraction of sp³-hybridized carbons (Fsp3) is 0.609. The van der Waals surface area contributed by atoms with Crippen molar-refractivity contribution in [3.8, 4) is 0 Å². The fourth-order valence-corrected chi connectivity index (χ4v) is 6.27. The van der Waals surface area contributed by atoms with Crippen molar-refractivity contribution in [2.45, 2.75) is 70.5 Å². The number of rotatable bonds is 6. The number of ether oxygens (including phenoxy) is 1. The number of esters is 1. The lowest BCUT2D eigenvalue weighted by Crippen LogP contribution is -2.56. The van der Waals surface area contributed by atoms with Crippen LogP contribution >= 0.6 is 0 Å². The summed E-state index contributed by atoms with van der Waals surface area (Å²) in [5, 5.41) is 13.5. The number of nitrogens with one attached hydrogen (secondary N) is 1. The highest BCUT2D eigenvalue weighted by Gasteiger charge is 2.57. The monoisotopic (exact) mass is 399 g/mol. The van der Waals surface area contributed by atoms with Crippen molar-refractivity contribution in [1.82, 2.24) is 0 Å². The minimum absolute atomic E-state index is 0.0854. The number of carbonyl (C=O) groups is 3.